The van der Waals surface area contributed by atoms with E-state index in [1.54, 1.807) is 0 Å². The lowest BCUT2D eigenvalue weighted by atomic mass is 10.3. The molecule has 0 heterocycles. The van der Waals surface area contributed by atoms with Crippen LogP contribution in [0.1, 0.15) is 0 Å². The van der Waals surface area contributed by atoms with E-state index in [1.807, 2.05) is 0 Å². The molecule has 0 amide bonds. The maximum absolute atomic E-state index is 13.4. The van der Waals surface area contributed by atoms with E-state index in [4.69, 9.17) is 5.11 Å². The highest BCUT2D eigenvalue weighted by atomic mass is 32.2. The molecule has 0 saturated heterocycles. The molecule has 10 heteroatoms. The van der Waals surface area contributed by atoms with Crippen LogP contribution in [0.4, 0.5) is 15.8 Å². The van der Waals surface area contributed by atoms with Gasteiger partial charge in [0.15, 0.2) is 0 Å². The first kappa shape index (κ1) is 17.3. The van der Waals surface area contributed by atoms with Crippen LogP contribution in [0.2, 0.25) is 0 Å². The van der Waals surface area contributed by atoms with Crippen LogP contribution in [0, 0.1) is 15.9 Å². The van der Waals surface area contributed by atoms with Crippen molar-refractivity contribution in [2.45, 2.75) is 4.90 Å². The number of benzene rings is 2. The van der Waals surface area contributed by atoms with Crippen molar-refractivity contribution < 1.29 is 27.6 Å². The Bertz CT molecular complexity index is 900. The topological polar surface area (TPSA) is 118 Å². The largest absolute Gasteiger partial charge is 0.480 e. The lowest BCUT2D eigenvalue weighted by Gasteiger charge is -2.22. The summed E-state index contributed by atoms with van der Waals surface area (Å²) in [6, 6.07) is 8.54. The number of anilines is 1. The highest BCUT2D eigenvalue weighted by Crippen LogP contribution is 2.26. The quantitative estimate of drug-likeness (QED) is 0.626. The van der Waals surface area contributed by atoms with Gasteiger partial charge in [-0.1, -0.05) is 12.1 Å². The Balaban J connectivity index is 2.57. The summed E-state index contributed by atoms with van der Waals surface area (Å²) in [5.41, 5.74) is -0.672. The van der Waals surface area contributed by atoms with Crippen LogP contribution in [0.15, 0.2) is 53.4 Å². The minimum atomic E-state index is -4.44. The molecule has 2 rings (SSSR count). The number of carboxylic acids is 1. The number of carboxylic acid groups (broad SMARTS) is 1. The highest BCUT2D eigenvalue weighted by molar-refractivity contribution is 7.92. The molecule has 8 nitrogen and oxygen atoms in total. The standard InChI is InChI=1S/C14H11FN2O6S/c15-10-3-1-4-11(7-10)16(9-14(18)19)24(22,23)13-6-2-5-12(8-13)17(20)21/h1-8H,9H2,(H,18,19). The molecule has 0 bridgehead atoms. The summed E-state index contributed by atoms with van der Waals surface area (Å²) in [4.78, 5) is 20.6. The molecule has 0 fully saturated rings. The second-order valence-electron chi connectivity index (χ2n) is 4.64. The molecule has 0 unspecified atom stereocenters. The number of nitrogens with zero attached hydrogens (tertiary/aromatic N) is 2. The zero-order chi connectivity index (χ0) is 17.9. The minimum Gasteiger partial charge on any atom is -0.480 e. The Morgan fingerprint density at radius 2 is 1.88 bits per heavy atom. The van der Waals surface area contributed by atoms with Crippen molar-refractivity contribution >= 4 is 27.4 Å². The summed E-state index contributed by atoms with van der Waals surface area (Å²) < 4.78 is 39.2. The van der Waals surface area contributed by atoms with Crippen molar-refractivity contribution in [1.29, 1.82) is 0 Å². The second kappa shape index (κ2) is 6.62. The third-order valence-electron chi connectivity index (χ3n) is 2.99. The van der Waals surface area contributed by atoms with E-state index < -0.39 is 43.9 Å². The maximum Gasteiger partial charge on any atom is 0.324 e. The van der Waals surface area contributed by atoms with Gasteiger partial charge in [0.05, 0.1) is 15.5 Å². The summed E-state index contributed by atoms with van der Waals surface area (Å²) in [6.45, 7) is -0.964. The third kappa shape index (κ3) is 3.66. The predicted molar refractivity (Wildman–Crippen MR) is 81.7 cm³/mol. The van der Waals surface area contributed by atoms with Gasteiger partial charge < -0.3 is 5.11 Å². The zero-order valence-corrected chi connectivity index (χ0v) is 12.8. The van der Waals surface area contributed by atoms with E-state index in [0.29, 0.717) is 4.31 Å². The monoisotopic (exact) mass is 354 g/mol. The third-order valence-corrected chi connectivity index (χ3v) is 4.76. The van der Waals surface area contributed by atoms with Crippen molar-refractivity contribution in [3.05, 3.63) is 64.5 Å². The first-order valence-electron chi connectivity index (χ1n) is 6.46. The van der Waals surface area contributed by atoms with Crippen molar-refractivity contribution in [2.24, 2.45) is 0 Å². The molecule has 24 heavy (non-hydrogen) atoms. The van der Waals surface area contributed by atoms with Crippen LogP contribution in [0.3, 0.4) is 0 Å². The predicted octanol–water partition coefficient (Wildman–Crippen LogP) is 2.01. The first-order chi connectivity index (χ1) is 11.2. The van der Waals surface area contributed by atoms with Gasteiger partial charge in [-0.2, -0.15) is 0 Å². The molecule has 0 aliphatic rings. The van der Waals surface area contributed by atoms with E-state index in [2.05, 4.69) is 0 Å². The lowest BCUT2D eigenvalue weighted by molar-refractivity contribution is -0.385. The molecule has 2 aromatic rings. The van der Waals surface area contributed by atoms with Crippen LogP contribution in [-0.4, -0.2) is 31.0 Å². The van der Waals surface area contributed by atoms with Crippen molar-refractivity contribution in [1.82, 2.24) is 0 Å². The molecule has 0 radical (unpaired) electrons. The fourth-order valence-electron chi connectivity index (χ4n) is 1.95. The van der Waals surface area contributed by atoms with Crippen molar-refractivity contribution in [3.8, 4) is 0 Å². The van der Waals surface area contributed by atoms with E-state index in [1.165, 1.54) is 12.1 Å². The van der Waals surface area contributed by atoms with E-state index in [9.17, 15) is 27.7 Å². The fraction of sp³-hybridized carbons (Fsp3) is 0.0714. The van der Waals surface area contributed by atoms with Gasteiger partial charge in [-0.05, 0) is 24.3 Å². The number of nitro benzene ring substituents is 1. The Morgan fingerprint density at radius 3 is 2.46 bits per heavy atom. The maximum atomic E-state index is 13.4. The van der Waals surface area contributed by atoms with Gasteiger partial charge in [-0.25, -0.2) is 12.8 Å². The molecule has 0 saturated carbocycles. The molecular weight excluding hydrogens is 343 g/mol. The van der Waals surface area contributed by atoms with Crippen LogP contribution in [0.5, 0.6) is 0 Å². The number of carbonyl (C=O) groups is 1. The van der Waals surface area contributed by atoms with Gasteiger partial charge in [0.25, 0.3) is 15.7 Å². The van der Waals surface area contributed by atoms with E-state index in [-0.39, 0.29) is 5.69 Å². The molecule has 126 valence electrons. The number of rotatable bonds is 6. The normalized spacial score (nSPS) is 11.0. The number of non-ortho nitro benzene ring substituents is 1. The highest BCUT2D eigenvalue weighted by Gasteiger charge is 2.28. The summed E-state index contributed by atoms with van der Waals surface area (Å²) in [7, 11) is -4.44. The van der Waals surface area contributed by atoms with Gasteiger partial charge in [0.2, 0.25) is 0 Å². The fourth-order valence-corrected chi connectivity index (χ4v) is 3.40. The summed E-state index contributed by atoms with van der Waals surface area (Å²) >= 11 is 0. The molecule has 2 aromatic carbocycles. The second-order valence-corrected chi connectivity index (χ2v) is 6.50. The minimum absolute atomic E-state index is 0.205. The number of sulfonamides is 1. The van der Waals surface area contributed by atoms with Crippen molar-refractivity contribution in [3.63, 3.8) is 0 Å². The Kier molecular flexibility index (Phi) is 4.79. The molecule has 0 aliphatic heterocycles. The number of nitro groups is 1. The number of hydrogen-bond acceptors (Lipinski definition) is 5. The van der Waals surface area contributed by atoms with Gasteiger partial charge >= 0.3 is 5.97 Å². The smallest absolute Gasteiger partial charge is 0.324 e. The number of halogens is 1. The van der Waals surface area contributed by atoms with Gasteiger partial charge in [0.1, 0.15) is 12.4 Å². The zero-order valence-electron chi connectivity index (χ0n) is 12.0. The van der Waals surface area contributed by atoms with Crippen LogP contribution >= 0.6 is 0 Å². The average Bonchev–Trinajstić information content (AvgIpc) is 2.52. The molecular formula is C14H11FN2O6S. The average molecular weight is 354 g/mol. The Labute approximate surface area is 136 Å². The molecule has 1 N–H and O–H groups in total. The van der Waals surface area contributed by atoms with Crippen LogP contribution in [0.25, 0.3) is 0 Å². The van der Waals surface area contributed by atoms with Gasteiger partial charge in [0, 0.05) is 12.1 Å². The van der Waals surface area contributed by atoms with Gasteiger partial charge in [-0.15, -0.1) is 0 Å². The number of aliphatic carboxylic acids is 1. The Hall–Kier alpha value is -3.01. The summed E-state index contributed by atoms with van der Waals surface area (Å²) in [6.07, 6.45) is 0. The van der Waals surface area contributed by atoms with Crippen molar-refractivity contribution in [2.75, 3.05) is 10.8 Å². The van der Waals surface area contributed by atoms with E-state index in [0.717, 1.165) is 36.4 Å². The van der Waals surface area contributed by atoms with Crippen LogP contribution in [-0.2, 0) is 14.8 Å². The molecule has 0 spiro atoms. The summed E-state index contributed by atoms with van der Waals surface area (Å²) in [5.74, 6) is -2.22. The summed E-state index contributed by atoms with van der Waals surface area (Å²) in [5, 5.41) is 19.8. The molecule has 0 atom stereocenters. The van der Waals surface area contributed by atoms with Crippen LogP contribution < -0.4 is 4.31 Å². The Morgan fingerprint density at radius 1 is 1.21 bits per heavy atom. The first-order valence-corrected chi connectivity index (χ1v) is 7.90. The SMILES string of the molecule is O=C(O)CN(c1cccc(F)c1)S(=O)(=O)c1cccc([N+](=O)[O-])c1. The molecule has 0 aromatic heterocycles. The molecule has 0 aliphatic carbocycles. The van der Waals surface area contributed by atoms with E-state index >= 15 is 0 Å². The number of hydrogen-bond donors (Lipinski definition) is 1. The lowest BCUT2D eigenvalue weighted by Crippen LogP contribution is -2.35. The van der Waals surface area contributed by atoms with Gasteiger partial charge in [-0.3, -0.25) is 19.2 Å².